The summed E-state index contributed by atoms with van der Waals surface area (Å²) in [5.74, 6) is -2.79. The number of carbonyl (C=O) groups excluding carboxylic acids is 1. The number of fused-ring (bicyclic) bond motifs is 1. The molecule has 22 heavy (non-hydrogen) atoms. The maximum Gasteiger partial charge on any atom is 0.275 e. The first kappa shape index (κ1) is 14.7. The Hall–Kier alpha value is -2.25. The molecule has 3 rings (SSSR count). The fourth-order valence-electron chi connectivity index (χ4n) is 1.84. The van der Waals surface area contributed by atoms with Crippen molar-refractivity contribution in [3.8, 4) is 0 Å². The molecule has 0 bridgehead atoms. The minimum absolute atomic E-state index is 0.377. The molecular weight excluding hydrogens is 332 g/mol. The number of hydrogen-bond donors (Lipinski definition) is 2. The largest absolute Gasteiger partial charge is 0.275 e. The van der Waals surface area contributed by atoms with Crippen LogP contribution in [0.1, 0.15) is 10.4 Å². The molecule has 0 spiro atoms. The van der Waals surface area contributed by atoms with E-state index in [1.807, 2.05) is 0 Å². The molecule has 1 amide bonds. The van der Waals surface area contributed by atoms with Crippen LogP contribution in [0.2, 0.25) is 5.02 Å². The van der Waals surface area contributed by atoms with Crippen LogP contribution in [0.4, 0.5) is 13.9 Å². The van der Waals surface area contributed by atoms with Crippen molar-refractivity contribution in [2.45, 2.75) is 0 Å². The maximum absolute atomic E-state index is 13.5. The van der Waals surface area contributed by atoms with Crippen molar-refractivity contribution < 1.29 is 13.6 Å². The molecule has 2 N–H and O–H groups in total. The van der Waals surface area contributed by atoms with Crippen LogP contribution in [0.25, 0.3) is 10.2 Å². The highest BCUT2D eigenvalue weighted by Crippen LogP contribution is 2.27. The Morgan fingerprint density at radius 2 is 1.91 bits per heavy atom. The zero-order valence-corrected chi connectivity index (χ0v) is 12.4. The van der Waals surface area contributed by atoms with Crippen LogP contribution >= 0.6 is 22.9 Å². The number of hydrazine groups is 1. The van der Waals surface area contributed by atoms with Gasteiger partial charge in [-0.2, -0.15) is 0 Å². The molecular formula is C14H8ClF2N3OS. The number of benzene rings is 2. The van der Waals surface area contributed by atoms with E-state index in [1.54, 1.807) is 18.2 Å². The molecule has 8 heteroatoms. The molecule has 0 aliphatic carbocycles. The van der Waals surface area contributed by atoms with Crippen LogP contribution in [0.3, 0.4) is 0 Å². The third-order valence-corrected chi connectivity index (χ3v) is 3.99. The third kappa shape index (κ3) is 2.86. The summed E-state index contributed by atoms with van der Waals surface area (Å²) < 4.78 is 27.8. The lowest BCUT2D eigenvalue weighted by atomic mass is 10.2. The van der Waals surface area contributed by atoms with Gasteiger partial charge in [0, 0.05) is 5.02 Å². The smallest absolute Gasteiger partial charge is 0.273 e. The average molecular weight is 340 g/mol. The number of thiazole rings is 1. The molecule has 3 aromatic rings. The van der Waals surface area contributed by atoms with Crippen molar-refractivity contribution in [3.63, 3.8) is 0 Å². The van der Waals surface area contributed by atoms with Gasteiger partial charge in [-0.25, -0.2) is 13.8 Å². The minimum atomic E-state index is -0.935. The number of carbonyl (C=O) groups is 1. The second-order valence-electron chi connectivity index (χ2n) is 4.31. The first-order chi connectivity index (χ1) is 10.5. The Bertz CT molecular complexity index is 848. The van der Waals surface area contributed by atoms with E-state index in [-0.39, 0.29) is 0 Å². The third-order valence-electron chi connectivity index (χ3n) is 2.82. The van der Waals surface area contributed by atoms with Gasteiger partial charge in [0.25, 0.3) is 5.91 Å². The molecule has 0 radical (unpaired) electrons. The number of halogens is 3. The zero-order valence-electron chi connectivity index (χ0n) is 10.9. The maximum atomic E-state index is 13.5. The number of hydrogen-bond acceptors (Lipinski definition) is 4. The number of nitrogens with zero attached hydrogens (tertiary/aromatic N) is 1. The molecule has 0 fully saturated rings. The SMILES string of the molecule is O=C(NNc1nc2ccc(Cl)cc2s1)c1c(F)cccc1F. The Balaban J connectivity index is 1.77. The monoisotopic (exact) mass is 339 g/mol. The van der Waals surface area contributed by atoms with E-state index in [1.165, 1.54) is 17.4 Å². The van der Waals surface area contributed by atoms with Gasteiger partial charge in [-0.1, -0.05) is 29.0 Å². The highest BCUT2D eigenvalue weighted by molar-refractivity contribution is 7.22. The van der Waals surface area contributed by atoms with E-state index < -0.39 is 23.1 Å². The number of nitrogens with one attached hydrogen (secondary N) is 2. The highest BCUT2D eigenvalue weighted by atomic mass is 35.5. The van der Waals surface area contributed by atoms with Gasteiger partial charge in [-0.15, -0.1) is 0 Å². The molecule has 0 aliphatic rings. The van der Waals surface area contributed by atoms with Crippen LogP contribution in [0.15, 0.2) is 36.4 Å². The first-order valence-electron chi connectivity index (χ1n) is 6.11. The molecule has 2 aromatic carbocycles. The number of rotatable bonds is 3. The Kier molecular flexibility index (Phi) is 3.91. The van der Waals surface area contributed by atoms with Gasteiger partial charge in [-0.05, 0) is 30.3 Å². The van der Waals surface area contributed by atoms with Crippen molar-refractivity contribution in [1.82, 2.24) is 10.4 Å². The second kappa shape index (κ2) is 5.86. The Labute approximate surface area is 132 Å². The van der Waals surface area contributed by atoms with Crippen LogP contribution < -0.4 is 10.9 Å². The average Bonchev–Trinajstić information content (AvgIpc) is 2.87. The molecule has 1 heterocycles. The van der Waals surface area contributed by atoms with E-state index in [0.29, 0.717) is 15.7 Å². The van der Waals surface area contributed by atoms with Crippen LogP contribution in [0, 0.1) is 11.6 Å². The van der Waals surface area contributed by atoms with E-state index in [0.717, 1.165) is 16.8 Å². The highest BCUT2D eigenvalue weighted by Gasteiger charge is 2.17. The fraction of sp³-hybridized carbons (Fsp3) is 0. The van der Waals surface area contributed by atoms with Gasteiger partial charge >= 0.3 is 0 Å². The molecule has 0 unspecified atom stereocenters. The van der Waals surface area contributed by atoms with Gasteiger partial charge in [0.05, 0.1) is 10.2 Å². The second-order valence-corrected chi connectivity index (χ2v) is 5.77. The molecule has 0 atom stereocenters. The van der Waals surface area contributed by atoms with Crippen LogP contribution in [0.5, 0.6) is 0 Å². The Morgan fingerprint density at radius 1 is 1.18 bits per heavy atom. The van der Waals surface area contributed by atoms with Gasteiger partial charge in [0.2, 0.25) is 5.13 Å². The first-order valence-corrected chi connectivity index (χ1v) is 7.30. The lowest BCUT2D eigenvalue weighted by molar-refractivity contribution is 0.0954. The fourth-order valence-corrected chi connectivity index (χ4v) is 2.93. The van der Waals surface area contributed by atoms with E-state index in [9.17, 15) is 13.6 Å². The number of amides is 1. The summed E-state index contributed by atoms with van der Waals surface area (Å²) in [7, 11) is 0. The van der Waals surface area contributed by atoms with Gasteiger partial charge < -0.3 is 0 Å². The Morgan fingerprint density at radius 3 is 2.64 bits per heavy atom. The summed E-state index contributed by atoms with van der Waals surface area (Å²) in [6.07, 6.45) is 0. The summed E-state index contributed by atoms with van der Waals surface area (Å²) in [5, 5.41) is 0.947. The minimum Gasteiger partial charge on any atom is -0.273 e. The van der Waals surface area contributed by atoms with Gasteiger partial charge in [0.15, 0.2) is 0 Å². The number of aromatic nitrogens is 1. The molecule has 0 saturated heterocycles. The van der Waals surface area contributed by atoms with Crippen molar-refractivity contribution in [3.05, 3.63) is 58.6 Å². The van der Waals surface area contributed by atoms with Crippen LogP contribution in [-0.2, 0) is 0 Å². The van der Waals surface area contributed by atoms with Crippen molar-refractivity contribution in [2.24, 2.45) is 0 Å². The lowest BCUT2D eigenvalue weighted by Gasteiger charge is -2.06. The molecule has 0 saturated carbocycles. The molecule has 112 valence electrons. The zero-order chi connectivity index (χ0) is 15.7. The summed E-state index contributed by atoms with van der Waals surface area (Å²) in [6, 6.07) is 8.37. The molecule has 1 aromatic heterocycles. The summed E-state index contributed by atoms with van der Waals surface area (Å²) in [6.45, 7) is 0. The summed E-state index contributed by atoms with van der Waals surface area (Å²) in [5.41, 5.74) is 4.80. The van der Waals surface area contributed by atoms with Gasteiger partial charge in [0.1, 0.15) is 17.2 Å². The summed E-state index contributed by atoms with van der Waals surface area (Å²) in [4.78, 5) is 16.0. The van der Waals surface area contributed by atoms with Crippen molar-refractivity contribution in [1.29, 1.82) is 0 Å². The van der Waals surface area contributed by atoms with Gasteiger partial charge in [-0.3, -0.25) is 15.6 Å². The van der Waals surface area contributed by atoms with E-state index >= 15 is 0 Å². The topological polar surface area (TPSA) is 54.0 Å². The number of anilines is 1. The molecule has 4 nitrogen and oxygen atoms in total. The normalized spacial score (nSPS) is 10.7. The predicted molar refractivity (Wildman–Crippen MR) is 82.1 cm³/mol. The predicted octanol–water partition coefficient (Wildman–Crippen LogP) is 3.98. The molecule has 0 aliphatic heterocycles. The van der Waals surface area contributed by atoms with Crippen molar-refractivity contribution >= 4 is 44.2 Å². The lowest BCUT2D eigenvalue weighted by Crippen LogP contribution is -2.30. The van der Waals surface area contributed by atoms with E-state index in [4.69, 9.17) is 11.6 Å². The van der Waals surface area contributed by atoms with E-state index in [2.05, 4.69) is 15.8 Å². The quantitative estimate of drug-likeness (QED) is 0.709. The summed E-state index contributed by atoms with van der Waals surface area (Å²) >= 11 is 7.12. The van der Waals surface area contributed by atoms with Crippen LogP contribution in [-0.4, -0.2) is 10.9 Å². The standard InChI is InChI=1S/C14H8ClF2N3OS/c15-7-4-5-10-11(6-7)22-14(18-10)20-19-13(21)12-8(16)2-1-3-9(12)17/h1-6H,(H,18,20)(H,19,21). The van der Waals surface area contributed by atoms with Crippen molar-refractivity contribution in [2.75, 3.05) is 5.43 Å².